The molecule has 0 saturated heterocycles. The summed E-state index contributed by atoms with van der Waals surface area (Å²) in [5.74, 6) is -0.0411. The number of nitrogens with one attached hydrogen (secondary N) is 1. The van der Waals surface area contributed by atoms with Gasteiger partial charge >= 0.3 is 0 Å². The van der Waals surface area contributed by atoms with Crippen LogP contribution in [0.4, 0.5) is 0 Å². The zero-order valence-corrected chi connectivity index (χ0v) is 10.3. The van der Waals surface area contributed by atoms with Crippen molar-refractivity contribution in [1.82, 2.24) is 5.32 Å². The minimum Gasteiger partial charge on any atom is -0.356 e. The van der Waals surface area contributed by atoms with Gasteiger partial charge in [-0.15, -0.1) is 0 Å². The molecule has 0 fully saturated rings. The van der Waals surface area contributed by atoms with E-state index in [1.54, 1.807) is 6.07 Å². The van der Waals surface area contributed by atoms with Gasteiger partial charge in [0.1, 0.15) is 0 Å². The van der Waals surface area contributed by atoms with Gasteiger partial charge in [-0.05, 0) is 18.1 Å². The van der Waals surface area contributed by atoms with Crippen molar-refractivity contribution in [1.29, 1.82) is 0 Å². The van der Waals surface area contributed by atoms with Crippen LogP contribution in [0, 0.1) is 0 Å². The molecule has 0 atom stereocenters. The number of amides is 1. The van der Waals surface area contributed by atoms with Crippen LogP contribution < -0.4 is 11.1 Å². The molecule has 1 rings (SSSR count). The molecule has 0 aliphatic heterocycles. The summed E-state index contributed by atoms with van der Waals surface area (Å²) in [6.07, 6.45) is 1.01. The largest absolute Gasteiger partial charge is 0.356 e. The van der Waals surface area contributed by atoms with E-state index < -0.39 is 0 Å². The maximum atomic E-state index is 11.1. The van der Waals surface area contributed by atoms with E-state index in [0.717, 1.165) is 5.56 Å². The molecule has 0 unspecified atom stereocenters. The molecule has 0 saturated carbocycles. The van der Waals surface area contributed by atoms with Gasteiger partial charge in [-0.3, -0.25) is 4.79 Å². The van der Waals surface area contributed by atoms with Gasteiger partial charge in [-0.25, -0.2) is 0 Å². The Labute approximate surface area is 105 Å². The number of carbonyl (C=O) groups is 1. The first kappa shape index (κ1) is 13.3. The van der Waals surface area contributed by atoms with Crippen molar-refractivity contribution in [2.45, 2.75) is 12.8 Å². The second-order valence-electron chi connectivity index (χ2n) is 3.35. The van der Waals surface area contributed by atoms with Gasteiger partial charge in [0, 0.05) is 19.5 Å². The number of carbonyl (C=O) groups excluding carboxylic acids is 1. The van der Waals surface area contributed by atoms with Crippen LogP contribution in [0.3, 0.4) is 0 Å². The van der Waals surface area contributed by atoms with Crippen LogP contribution in [0.2, 0.25) is 10.0 Å². The maximum Gasteiger partial charge on any atom is 0.221 e. The Hall–Kier alpha value is -0.770. The number of rotatable bonds is 5. The van der Waals surface area contributed by atoms with Crippen molar-refractivity contribution in [2.75, 3.05) is 13.1 Å². The maximum absolute atomic E-state index is 11.1. The highest BCUT2D eigenvalue weighted by atomic mass is 35.5. The average molecular weight is 261 g/mol. The Morgan fingerprint density at radius 1 is 1.38 bits per heavy atom. The summed E-state index contributed by atoms with van der Waals surface area (Å²) in [6, 6.07) is 5.47. The first-order valence-electron chi connectivity index (χ1n) is 5.05. The van der Waals surface area contributed by atoms with E-state index in [1.807, 2.05) is 12.1 Å². The van der Waals surface area contributed by atoms with Crippen molar-refractivity contribution in [3.8, 4) is 0 Å². The molecule has 0 heterocycles. The molecule has 0 spiro atoms. The molecular weight excluding hydrogens is 247 g/mol. The van der Waals surface area contributed by atoms with Crippen LogP contribution in [0.1, 0.15) is 12.0 Å². The molecule has 88 valence electrons. The van der Waals surface area contributed by atoms with Crippen LogP contribution in [-0.4, -0.2) is 19.0 Å². The van der Waals surface area contributed by atoms with Crippen molar-refractivity contribution in [2.24, 2.45) is 5.73 Å². The van der Waals surface area contributed by atoms with E-state index in [4.69, 9.17) is 28.9 Å². The Balaban J connectivity index is 2.43. The van der Waals surface area contributed by atoms with Crippen LogP contribution in [0.5, 0.6) is 0 Å². The minimum atomic E-state index is -0.0411. The lowest BCUT2D eigenvalue weighted by atomic mass is 10.1. The molecule has 1 aromatic rings. The van der Waals surface area contributed by atoms with E-state index in [1.165, 1.54) is 0 Å². The highest BCUT2D eigenvalue weighted by Gasteiger charge is 2.04. The molecule has 0 aromatic heterocycles. The molecule has 1 amide bonds. The molecule has 3 N–H and O–H groups in total. The number of benzene rings is 1. The number of nitrogens with two attached hydrogens (primary N) is 1. The Bertz CT molecular complexity index is 369. The fourth-order valence-electron chi connectivity index (χ4n) is 1.30. The smallest absolute Gasteiger partial charge is 0.221 e. The summed E-state index contributed by atoms with van der Waals surface area (Å²) in [5.41, 5.74) is 6.19. The van der Waals surface area contributed by atoms with Crippen LogP contribution in [0.25, 0.3) is 0 Å². The fraction of sp³-hybridized carbons (Fsp3) is 0.364. The highest BCUT2D eigenvalue weighted by molar-refractivity contribution is 6.42. The normalized spacial score (nSPS) is 10.2. The quantitative estimate of drug-likeness (QED) is 0.851. The number of hydrogen-bond donors (Lipinski definition) is 2. The van der Waals surface area contributed by atoms with E-state index in [2.05, 4.69) is 5.32 Å². The van der Waals surface area contributed by atoms with E-state index in [0.29, 0.717) is 36.0 Å². The summed E-state index contributed by atoms with van der Waals surface area (Å²) in [5, 5.41) is 3.85. The SMILES string of the molecule is NCCC(=O)NCCc1cccc(Cl)c1Cl. The molecule has 0 bridgehead atoms. The predicted octanol–water partition coefficient (Wildman–Crippen LogP) is 2.00. The van der Waals surface area contributed by atoms with Crippen molar-refractivity contribution < 1.29 is 4.79 Å². The molecule has 0 aliphatic rings. The molecule has 16 heavy (non-hydrogen) atoms. The molecule has 0 aliphatic carbocycles. The van der Waals surface area contributed by atoms with Gasteiger partial charge < -0.3 is 11.1 Å². The number of halogens is 2. The Morgan fingerprint density at radius 2 is 2.12 bits per heavy atom. The number of hydrogen-bond acceptors (Lipinski definition) is 2. The lowest BCUT2D eigenvalue weighted by molar-refractivity contribution is -0.120. The Kier molecular flexibility index (Phi) is 5.60. The summed E-state index contributed by atoms with van der Waals surface area (Å²) in [7, 11) is 0. The topological polar surface area (TPSA) is 55.1 Å². The third kappa shape index (κ3) is 4.00. The molecule has 1 aromatic carbocycles. The zero-order valence-electron chi connectivity index (χ0n) is 8.80. The van der Waals surface area contributed by atoms with Crippen LogP contribution in [-0.2, 0) is 11.2 Å². The fourth-order valence-corrected chi connectivity index (χ4v) is 1.71. The zero-order chi connectivity index (χ0) is 12.0. The first-order chi connectivity index (χ1) is 7.65. The minimum absolute atomic E-state index is 0.0411. The lowest BCUT2D eigenvalue weighted by Crippen LogP contribution is -2.27. The van der Waals surface area contributed by atoms with Gasteiger partial charge in [0.2, 0.25) is 5.91 Å². The van der Waals surface area contributed by atoms with Crippen LogP contribution in [0.15, 0.2) is 18.2 Å². The summed E-state index contributed by atoms with van der Waals surface area (Å²) < 4.78 is 0. The average Bonchev–Trinajstić information content (AvgIpc) is 2.25. The Morgan fingerprint density at radius 3 is 2.81 bits per heavy atom. The molecule has 0 radical (unpaired) electrons. The highest BCUT2D eigenvalue weighted by Crippen LogP contribution is 2.25. The van der Waals surface area contributed by atoms with Gasteiger partial charge in [-0.1, -0.05) is 35.3 Å². The van der Waals surface area contributed by atoms with Crippen molar-refractivity contribution >= 4 is 29.1 Å². The van der Waals surface area contributed by atoms with Gasteiger partial charge in [0.15, 0.2) is 0 Å². The third-order valence-corrected chi connectivity index (χ3v) is 2.98. The van der Waals surface area contributed by atoms with Crippen molar-refractivity contribution in [3.63, 3.8) is 0 Å². The van der Waals surface area contributed by atoms with E-state index in [9.17, 15) is 4.79 Å². The summed E-state index contributed by atoms with van der Waals surface area (Å²) in [6.45, 7) is 0.905. The second kappa shape index (κ2) is 6.74. The molecular formula is C11H14Cl2N2O. The standard InChI is InChI=1S/C11H14Cl2N2O/c12-9-3-1-2-8(11(9)13)5-7-15-10(16)4-6-14/h1-3H,4-7,14H2,(H,15,16). The summed E-state index contributed by atoms with van der Waals surface area (Å²) in [4.78, 5) is 11.1. The van der Waals surface area contributed by atoms with Gasteiger partial charge in [-0.2, -0.15) is 0 Å². The molecule has 5 heteroatoms. The first-order valence-corrected chi connectivity index (χ1v) is 5.80. The monoisotopic (exact) mass is 260 g/mol. The summed E-state index contributed by atoms with van der Waals surface area (Å²) >= 11 is 11.9. The van der Waals surface area contributed by atoms with E-state index in [-0.39, 0.29) is 5.91 Å². The predicted molar refractivity (Wildman–Crippen MR) is 66.8 cm³/mol. The third-order valence-electron chi connectivity index (χ3n) is 2.12. The lowest BCUT2D eigenvalue weighted by Gasteiger charge is -2.07. The van der Waals surface area contributed by atoms with Gasteiger partial charge in [0.05, 0.1) is 10.0 Å². The second-order valence-corrected chi connectivity index (χ2v) is 4.14. The van der Waals surface area contributed by atoms with Crippen molar-refractivity contribution in [3.05, 3.63) is 33.8 Å². The molecule has 3 nitrogen and oxygen atoms in total. The van der Waals surface area contributed by atoms with Gasteiger partial charge in [0.25, 0.3) is 0 Å². The van der Waals surface area contributed by atoms with E-state index >= 15 is 0 Å². The van der Waals surface area contributed by atoms with Crippen LogP contribution >= 0.6 is 23.2 Å².